The molecule has 1 unspecified atom stereocenters. The summed E-state index contributed by atoms with van der Waals surface area (Å²) in [6.07, 6.45) is 4.84. The molecular formula is C15H32N2O2S. The Hall–Kier alpha value is -0.130. The number of sulfone groups is 1. The Morgan fingerprint density at radius 1 is 1.20 bits per heavy atom. The van der Waals surface area contributed by atoms with E-state index in [1.165, 1.54) is 19.3 Å². The van der Waals surface area contributed by atoms with E-state index in [4.69, 9.17) is 0 Å². The van der Waals surface area contributed by atoms with Crippen LogP contribution in [0.3, 0.4) is 0 Å². The fraction of sp³-hybridized carbons (Fsp3) is 1.00. The van der Waals surface area contributed by atoms with E-state index in [1.807, 2.05) is 0 Å². The van der Waals surface area contributed by atoms with E-state index in [2.05, 4.69) is 17.1 Å². The van der Waals surface area contributed by atoms with E-state index in [-0.39, 0.29) is 5.75 Å². The van der Waals surface area contributed by atoms with Crippen molar-refractivity contribution >= 4 is 9.84 Å². The quantitative estimate of drug-likeness (QED) is 0.782. The fourth-order valence-electron chi connectivity index (χ4n) is 2.56. The van der Waals surface area contributed by atoms with E-state index < -0.39 is 14.6 Å². The van der Waals surface area contributed by atoms with E-state index >= 15 is 0 Å². The fourth-order valence-corrected chi connectivity index (χ4v) is 3.67. The van der Waals surface area contributed by atoms with Crippen LogP contribution in [-0.4, -0.2) is 56.0 Å². The van der Waals surface area contributed by atoms with E-state index in [0.29, 0.717) is 12.6 Å². The molecule has 1 N–H and O–H groups in total. The first-order valence-electron chi connectivity index (χ1n) is 7.94. The summed E-state index contributed by atoms with van der Waals surface area (Å²) in [6, 6.07) is 0.535. The first-order chi connectivity index (χ1) is 9.26. The molecule has 1 fully saturated rings. The third-order valence-electron chi connectivity index (χ3n) is 4.04. The Kier molecular flexibility index (Phi) is 6.95. The molecule has 0 spiro atoms. The Morgan fingerprint density at radius 2 is 1.90 bits per heavy atom. The maximum Gasteiger partial charge on any atom is 0.156 e. The zero-order chi connectivity index (χ0) is 15.2. The minimum absolute atomic E-state index is 0.267. The lowest BCUT2D eigenvalue weighted by Crippen LogP contribution is -2.46. The van der Waals surface area contributed by atoms with Gasteiger partial charge in [0.05, 0.1) is 10.5 Å². The summed E-state index contributed by atoms with van der Waals surface area (Å²) in [5, 5.41) is 3.54. The van der Waals surface area contributed by atoms with Gasteiger partial charge in [-0.15, -0.1) is 0 Å². The number of nitrogens with zero attached hydrogens (tertiary/aromatic N) is 1. The van der Waals surface area contributed by atoms with E-state index in [0.717, 1.165) is 26.1 Å². The predicted molar refractivity (Wildman–Crippen MR) is 85.9 cm³/mol. The van der Waals surface area contributed by atoms with Crippen molar-refractivity contribution in [2.45, 2.75) is 64.2 Å². The van der Waals surface area contributed by atoms with Crippen molar-refractivity contribution in [3.63, 3.8) is 0 Å². The highest BCUT2D eigenvalue weighted by molar-refractivity contribution is 7.92. The molecule has 1 heterocycles. The second-order valence-electron chi connectivity index (χ2n) is 6.88. The van der Waals surface area contributed by atoms with Gasteiger partial charge in [-0.2, -0.15) is 0 Å². The smallest absolute Gasteiger partial charge is 0.156 e. The maximum absolute atomic E-state index is 12.2. The van der Waals surface area contributed by atoms with Gasteiger partial charge >= 0.3 is 0 Å². The standard InChI is InChI=1S/C15H32N2O2S/c1-5-10-17(13-14-8-6-7-9-16-14)11-12-20(18,19)15(2,3)4/h14,16H,5-13H2,1-4H3. The Balaban J connectivity index is 2.50. The second kappa shape index (κ2) is 7.76. The molecule has 0 aliphatic carbocycles. The van der Waals surface area contributed by atoms with Crippen molar-refractivity contribution in [2.24, 2.45) is 0 Å². The largest absolute Gasteiger partial charge is 0.313 e. The van der Waals surface area contributed by atoms with Gasteiger partial charge in [-0.1, -0.05) is 13.3 Å². The van der Waals surface area contributed by atoms with Gasteiger partial charge in [0.25, 0.3) is 0 Å². The molecule has 0 bridgehead atoms. The molecule has 0 aromatic carbocycles. The van der Waals surface area contributed by atoms with Gasteiger partial charge in [0, 0.05) is 19.1 Å². The lowest BCUT2D eigenvalue weighted by atomic mass is 10.0. The molecular weight excluding hydrogens is 272 g/mol. The average molecular weight is 305 g/mol. The summed E-state index contributed by atoms with van der Waals surface area (Å²) < 4.78 is 23.8. The molecule has 120 valence electrons. The van der Waals surface area contributed by atoms with Crippen LogP contribution in [0.4, 0.5) is 0 Å². The summed E-state index contributed by atoms with van der Waals surface area (Å²) in [5.74, 6) is 0.267. The van der Waals surface area contributed by atoms with Gasteiger partial charge in [-0.05, 0) is 53.1 Å². The van der Waals surface area contributed by atoms with Gasteiger partial charge in [-0.3, -0.25) is 0 Å². The van der Waals surface area contributed by atoms with E-state index in [1.54, 1.807) is 20.8 Å². The van der Waals surface area contributed by atoms with Gasteiger partial charge < -0.3 is 10.2 Å². The Labute approximate surface area is 125 Å². The van der Waals surface area contributed by atoms with Crippen molar-refractivity contribution in [2.75, 3.05) is 31.9 Å². The molecule has 1 aliphatic heterocycles. The zero-order valence-corrected chi connectivity index (χ0v) is 14.4. The Morgan fingerprint density at radius 3 is 2.40 bits per heavy atom. The highest BCUT2D eigenvalue weighted by Crippen LogP contribution is 2.16. The molecule has 5 heteroatoms. The summed E-state index contributed by atoms with van der Waals surface area (Å²) in [7, 11) is -3.01. The molecule has 1 aliphatic rings. The summed E-state index contributed by atoms with van der Waals surface area (Å²) >= 11 is 0. The minimum atomic E-state index is -3.01. The van der Waals surface area contributed by atoms with E-state index in [9.17, 15) is 8.42 Å². The van der Waals surface area contributed by atoms with Crippen LogP contribution in [0.2, 0.25) is 0 Å². The van der Waals surface area contributed by atoms with Gasteiger partial charge in [-0.25, -0.2) is 8.42 Å². The van der Waals surface area contributed by atoms with Crippen molar-refractivity contribution in [3.05, 3.63) is 0 Å². The summed E-state index contributed by atoms with van der Waals surface area (Å²) in [5.41, 5.74) is 0. The van der Waals surface area contributed by atoms with Crippen LogP contribution < -0.4 is 5.32 Å². The highest BCUT2D eigenvalue weighted by Gasteiger charge is 2.29. The van der Waals surface area contributed by atoms with Crippen molar-refractivity contribution in [3.8, 4) is 0 Å². The molecule has 0 amide bonds. The maximum atomic E-state index is 12.2. The molecule has 20 heavy (non-hydrogen) atoms. The minimum Gasteiger partial charge on any atom is -0.313 e. The molecule has 0 aromatic rings. The van der Waals surface area contributed by atoms with Crippen LogP contribution in [0.5, 0.6) is 0 Å². The highest BCUT2D eigenvalue weighted by atomic mass is 32.2. The third-order valence-corrected chi connectivity index (χ3v) is 6.63. The van der Waals surface area contributed by atoms with Crippen LogP contribution in [0.15, 0.2) is 0 Å². The topological polar surface area (TPSA) is 49.4 Å². The summed E-state index contributed by atoms with van der Waals surface area (Å²) in [4.78, 5) is 2.31. The van der Waals surface area contributed by atoms with Gasteiger partial charge in [0.1, 0.15) is 0 Å². The molecule has 1 saturated heterocycles. The molecule has 4 nitrogen and oxygen atoms in total. The monoisotopic (exact) mass is 304 g/mol. The second-order valence-corrected chi connectivity index (χ2v) is 9.74. The Bertz CT molecular complexity index is 368. The van der Waals surface area contributed by atoms with Crippen molar-refractivity contribution < 1.29 is 8.42 Å². The van der Waals surface area contributed by atoms with Crippen LogP contribution in [0.1, 0.15) is 53.4 Å². The third kappa shape index (κ3) is 5.70. The van der Waals surface area contributed by atoms with Gasteiger partial charge in [0.15, 0.2) is 9.84 Å². The average Bonchev–Trinajstić information content (AvgIpc) is 2.36. The molecule has 0 radical (unpaired) electrons. The number of rotatable bonds is 7. The molecule has 1 rings (SSSR count). The number of nitrogens with one attached hydrogen (secondary N) is 1. The number of hydrogen-bond donors (Lipinski definition) is 1. The van der Waals surface area contributed by atoms with Crippen molar-refractivity contribution in [1.29, 1.82) is 0 Å². The normalized spacial score (nSPS) is 21.4. The van der Waals surface area contributed by atoms with Crippen LogP contribution in [0, 0.1) is 0 Å². The van der Waals surface area contributed by atoms with Crippen LogP contribution >= 0.6 is 0 Å². The first kappa shape index (κ1) is 17.9. The zero-order valence-electron chi connectivity index (χ0n) is 13.6. The number of piperidine rings is 1. The van der Waals surface area contributed by atoms with Crippen LogP contribution in [0.25, 0.3) is 0 Å². The lowest BCUT2D eigenvalue weighted by Gasteiger charge is -2.31. The van der Waals surface area contributed by atoms with Crippen LogP contribution in [-0.2, 0) is 9.84 Å². The first-order valence-corrected chi connectivity index (χ1v) is 9.59. The molecule has 1 atom stereocenters. The molecule has 0 saturated carbocycles. The summed E-state index contributed by atoms with van der Waals surface area (Å²) in [6.45, 7) is 11.2. The van der Waals surface area contributed by atoms with Crippen molar-refractivity contribution in [1.82, 2.24) is 10.2 Å². The predicted octanol–water partition coefficient (Wildman–Crippen LogP) is 2.05. The molecule has 0 aromatic heterocycles. The SMILES string of the molecule is CCCN(CCS(=O)(=O)C(C)(C)C)CC1CCCCN1. The number of hydrogen-bond acceptors (Lipinski definition) is 4. The lowest BCUT2D eigenvalue weighted by molar-refractivity contribution is 0.234. The van der Waals surface area contributed by atoms with Gasteiger partial charge in [0.2, 0.25) is 0 Å².